The Hall–Kier alpha value is -2.21. The topological polar surface area (TPSA) is 65.1 Å². The van der Waals surface area contributed by atoms with Gasteiger partial charge in [0.05, 0.1) is 11.4 Å². The molecule has 1 N–H and O–H groups in total. The van der Waals surface area contributed by atoms with Crippen LogP contribution in [-0.4, -0.2) is 46.0 Å². The summed E-state index contributed by atoms with van der Waals surface area (Å²) >= 11 is 0. The summed E-state index contributed by atoms with van der Waals surface area (Å²) in [5, 5.41) is 0. The lowest BCUT2D eigenvalue weighted by atomic mass is 9.93. The van der Waals surface area contributed by atoms with Gasteiger partial charge in [0.1, 0.15) is 0 Å². The molecular weight excluding hydrogens is 314 g/mol. The van der Waals surface area contributed by atoms with Gasteiger partial charge < -0.3 is 4.90 Å². The molecule has 25 heavy (non-hydrogen) atoms. The van der Waals surface area contributed by atoms with Crippen LogP contribution >= 0.6 is 0 Å². The lowest BCUT2D eigenvalue weighted by molar-refractivity contribution is 0.201. The van der Waals surface area contributed by atoms with Crippen molar-refractivity contribution in [1.82, 2.24) is 19.9 Å². The number of H-pyrrole nitrogens is 1. The molecule has 0 amide bonds. The van der Waals surface area contributed by atoms with Crippen molar-refractivity contribution in [3.8, 4) is 0 Å². The van der Waals surface area contributed by atoms with Crippen LogP contribution in [0.1, 0.15) is 43.0 Å². The van der Waals surface area contributed by atoms with Crippen LogP contribution in [0.3, 0.4) is 0 Å². The molecule has 0 radical (unpaired) electrons. The average Bonchev–Trinajstić information content (AvgIpc) is 3.17. The first-order chi connectivity index (χ1) is 12.3. The van der Waals surface area contributed by atoms with Crippen molar-refractivity contribution in [1.29, 1.82) is 0 Å². The maximum atomic E-state index is 12.1. The Labute approximate surface area is 147 Å². The zero-order valence-electron chi connectivity index (χ0n) is 14.5. The normalized spacial score (nSPS) is 19.4. The fourth-order valence-corrected chi connectivity index (χ4v) is 3.86. The average molecular weight is 339 g/mol. The monoisotopic (exact) mass is 339 g/mol. The molecule has 2 aliphatic rings. The van der Waals surface area contributed by atoms with E-state index >= 15 is 0 Å². The molecule has 2 saturated heterocycles. The summed E-state index contributed by atoms with van der Waals surface area (Å²) in [6, 6.07) is 7.76. The van der Waals surface area contributed by atoms with Gasteiger partial charge in [0, 0.05) is 37.8 Å². The number of pyridine rings is 1. The van der Waals surface area contributed by atoms with E-state index in [1.54, 1.807) is 6.07 Å². The maximum absolute atomic E-state index is 12.1. The Kier molecular flexibility index (Phi) is 4.78. The maximum Gasteiger partial charge on any atom is 0.252 e. The Morgan fingerprint density at radius 2 is 1.92 bits per heavy atom. The molecule has 4 rings (SSSR count). The molecule has 0 atom stereocenters. The second-order valence-electron chi connectivity index (χ2n) is 7.06. The van der Waals surface area contributed by atoms with E-state index in [-0.39, 0.29) is 5.56 Å². The fraction of sp³-hybridized carbons (Fsp3) is 0.526. The van der Waals surface area contributed by atoms with Crippen LogP contribution in [0.5, 0.6) is 0 Å². The first-order valence-corrected chi connectivity index (χ1v) is 9.26. The molecule has 2 aromatic rings. The quantitative estimate of drug-likeness (QED) is 0.924. The molecule has 4 heterocycles. The first-order valence-electron chi connectivity index (χ1n) is 9.26. The van der Waals surface area contributed by atoms with Crippen LogP contribution in [0.4, 0.5) is 5.95 Å². The van der Waals surface area contributed by atoms with Crippen LogP contribution in [0, 0.1) is 0 Å². The molecule has 2 aliphatic heterocycles. The Balaban J connectivity index is 1.41. The zero-order chi connectivity index (χ0) is 17.1. The van der Waals surface area contributed by atoms with Gasteiger partial charge in [0.2, 0.25) is 5.95 Å². The SMILES string of the molecule is O=c1cc(C2CCN(Cc3ccccn3)CC2)nc(N2CCCC2)[nH]1. The molecule has 2 aromatic heterocycles. The van der Waals surface area contributed by atoms with Crippen molar-refractivity contribution in [2.24, 2.45) is 0 Å². The van der Waals surface area contributed by atoms with E-state index < -0.39 is 0 Å². The van der Waals surface area contributed by atoms with Gasteiger partial charge >= 0.3 is 0 Å². The number of rotatable bonds is 4. The molecule has 0 saturated carbocycles. The number of hydrogen-bond acceptors (Lipinski definition) is 5. The second kappa shape index (κ2) is 7.35. The predicted octanol–water partition coefficient (Wildman–Crippen LogP) is 2.14. The van der Waals surface area contributed by atoms with Crippen molar-refractivity contribution < 1.29 is 0 Å². The number of likely N-dealkylation sites (tertiary alicyclic amines) is 1. The highest BCUT2D eigenvalue weighted by atomic mass is 16.1. The van der Waals surface area contributed by atoms with Crippen LogP contribution in [0.2, 0.25) is 0 Å². The Morgan fingerprint density at radius 3 is 2.64 bits per heavy atom. The van der Waals surface area contributed by atoms with Crippen molar-refractivity contribution in [2.75, 3.05) is 31.1 Å². The lowest BCUT2D eigenvalue weighted by Crippen LogP contribution is -2.33. The third-order valence-corrected chi connectivity index (χ3v) is 5.27. The van der Waals surface area contributed by atoms with Crippen molar-refractivity contribution in [2.45, 2.75) is 38.1 Å². The van der Waals surface area contributed by atoms with Crippen LogP contribution < -0.4 is 10.5 Å². The summed E-state index contributed by atoms with van der Waals surface area (Å²) in [6.45, 7) is 4.93. The smallest absolute Gasteiger partial charge is 0.252 e. The molecule has 0 spiro atoms. The number of piperidine rings is 1. The van der Waals surface area contributed by atoms with Gasteiger partial charge in [-0.2, -0.15) is 0 Å². The molecule has 2 fully saturated rings. The Bertz CT molecular complexity index is 746. The summed E-state index contributed by atoms with van der Waals surface area (Å²) in [7, 11) is 0. The molecule has 6 heteroatoms. The summed E-state index contributed by atoms with van der Waals surface area (Å²) in [4.78, 5) is 28.8. The van der Waals surface area contributed by atoms with Crippen molar-refractivity contribution >= 4 is 5.95 Å². The Morgan fingerprint density at radius 1 is 1.12 bits per heavy atom. The largest absolute Gasteiger partial charge is 0.342 e. The summed E-state index contributed by atoms with van der Waals surface area (Å²) in [5.41, 5.74) is 2.05. The van der Waals surface area contributed by atoms with Gasteiger partial charge in [-0.05, 0) is 50.9 Å². The standard InChI is InChI=1S/C19H25N5O/c25-18-13-17(21-19(22-18)24-9-3-4-10-24)15-6-11-23(12-7-15)14-16-5-1-2-8-20-16/h1-2,5,8,13,15H,3-4,6-7,9-12,14H2,(H,21,22,25). The summed E-state index contributed by atoms with van der Waals surface area (Å²) < 4.78 is 0. The van der Waals surface area contributed by atoms with Gasteiger partial charge in [-0.3, -0.25) is 19.7 Å². The molecule has 6 nitrogen and oxygen atoms in total. The molecule has 0 bridgehead atoms. The number of hydrogen-bond donors (Lipinski definition) is 1. The van der Waals surface area contributed by atoms with Gasteiger partial charge in [-0.25, -0.2) is 4.98 Å². The lowest BCUT2D eigenvalue weighted by Gasteiger charge is -2.31. The highest BCUT2D eigenvalue weighted by molar-refractivity contribution is 5.32. The van der Waals surface area contributed by atoms with E-state index in [1.807, 2.05) is 18.3 Å². The van der Waals surface area contributed by atoms with Gasteiger partial charge in [-0.15, -0.1) is 0 Å². The van der Waals surface area contributed by atoms with E-state index in [9.17, 15) is 4.79 Å². The molecular formula is C19H25N5O. The van der Waals surface area contributed by atoms with Gasteiger partial charge in [0.15, 0.2) is 0 Å². The minimum Gasteiger partial charge on any atom is -0.342 e. The molecule has 0 aliphatic carbocycles. The van der Waals surface area contributed by atoms with E-state index in [0.717, 1.165) is 62.9 Å². The van der Waals surface area contributed by atoms with Gasteiger partial charge in [0.25, 0.3) is 5.56 Å². The number of anilines is 1. The highest BCUT2D eigenvalue weighted by Gasteiger charge is 2.24. The van der Waals surface area contributed by atoms with Crippen molar-refractivity contribution in [3.63, 3.8) is 0 Å². The number of nitrogens with zero attached hydrogens (tertiary/aromatic N) is 4. The number of aromatic nitrogens is 3. The van der Waals surface area contributed by atoms with Gasteiger partial charge in [-0.1, -0.05) is 6.07 Å². The molecule has 132 valence electrons. The zero-order valence-corrected chi connectivity index (χ0v) is 14.5. The van der Waals surface area contributed by atoms with Crippen LogP contribution in [-0.2, 0) is 6.54 Å². The van der Waals surface area contributed by atoms with E-state index in [2.05, 4.69) is 25.8 Å². The number of aromatic amines is 1. The van der Waals surface area contributed by atoms with Crippen LogP contribution in [0.15, 0.2) is 35.3 Å². The minimum absolute atomic E-state index is 0.0252. The van der Waals surface area contributed by atoms with Crippen molar-refractivity contribution in [3.05, 3.63) is 52.2 Å². The third kappa shape index (κ3) is 3.90. The molecule has 0 unspecified atom stereocenters. The third-order valence-electron chi connectivity index (χ3n) is 5.27. The van der Waals surface area contributed by atoms with E-state index in [4.69, 9.17) is 4.98 Å². The summed E-state index contributed by atoms with van der Waals surface area (Å²) in [5.74, 6) is 1.14. The minimum atomic E-state index is -0.0252. The van der Waals surface area contributed by atoms with Crippen LogP contribution in [0.25, 0.3) is 0 Å². The van der Waals surface area contributed by atoms with E-state index in [0.29, 0.717) is 5.92 Å². The highest BCUT2D eigenvalue weighted by Crippen LogP contribution is 2.27. The van der Waals surface area contributed by atoms with E-state index in [1.165, 1.54) is 12.8 Å². The molecule has 0 aromatic carbocycles. The summed E-state index contributed by atoms with van der Waals surface area (Å²) in [6.07, 6.45) is 6.30. The number of nitrogens with one attached hydrogen (secondary N) is 1. The second-order valence-corrected chi connectivity index (χ2v) is 7.06. The first kappa shape index (κ1) is 16.3. The predicted molar refractivity (Wildman–Crippen MR) is 97.8 cm³/mol. The fourth-order valence-electron chi connectivity index (χ4n) is 3.86.